The standard InChI is InChI=1S/C24H27N3O6/c1-4-31-18-7-5-17(6-8-18)22-9-10-24(27-26-22)32-12-11-25-23(28)16-33-21-14-19(29-2)13-20(15-21)30-3/h5-10,13-15H,4,11-12,16H2,1-3H3,(H,25,28). The molecule has 0 aliphatic heterocycles. The number of rotatable bonds is 12. The van der Waals surface area contributed by atoms with E-state index in [2.05, 4.69) is 15.5 Å². The number of benzene rings is 2. The van der Waals surface area contributed by atoms with Crippen molar-refractivity contribution in [2.75, 3.05) is 40.6 Å². The minimum Gasteiger partial charge on any atom is -0.496 e. The molecule has 0 fully saturated rings. The number of hydrogen-bond donors (Lipinski definition) is 1. The quantitative estimate of drug-likeness (QED) is 0.418. The molecule has 0 aliphatic carbocycles. The van der Waals surface area contributed by atoms with Crippen LogP contribution in [0.2, 0.25) is 0 Å². The van der Waals surface area contributed by atoms with E-state index >= 15 is 0 Å². The molecule has 0 bridgehead atoms. The first-order valence-corrected chi connectivity index (χ1v) is 10.4. The van der Waals surface area contributed by atoms with Gasteiger partial charge in [-0.15, -0.1) is 10.2 Å². The van der Waals surface area contributed by atoms with Crippen LogP contribution < -0.4 is 29.0 Å². The van der Waals surface area contributed by atoms with Crippen LogP contribution in [0.5, 0.6) is 28.9 Å². The average Bonchev–Trinajstić information content (AvgIpc) is 2.86. The molecule has 0 saturated carbocycles. The lowest BCUT2D eigenvalue weighted by Gasteiger charge is -2.11. The highest BCUT2D eigenvalue weighted by Crippen LogP contribution is 2.27. The second kappa shape index (κ2) is 12.1. The van der Waals surface area contributed by atoms with Crippen LogP contribution in [0.1, 0.15) is 6.92 Å². The van der Waals surface area contributed by atoms with Gasteiger partial charge in [0.25, 0.3) is 5.91 Å². The van der Waals surface area contributed by atoms with Crippen molar-refractivity contribution in [1.29, 1.82) is 0 Å². The molecule has 9 heteroatoms. The maximum absolute atomic E-state index is 12.0. The number of carbonyl (C=O) groups is 1. The highest BCUT2D eigenvalue weighted by Gasteiger charge is 2.07. The number of hydrogen-bond acceptors (Lipinski definition) is 8. The molecule has 33 heavy (non-hydrogen) atoms. The van der Waals surface area contributed by atoms with Gasteiger partial charge in [-0.2, -0.15) is 0 Å². The summed E-state index contributed by atoms with van der Waals surface area (Å²) in [6.07, 6.45) is 0. The van der Waals surface area contributed by atoms with E-state index < -0.39 is 0 Å². The van der Waals surface area contributed by atoms with Crippen molar-refractivity contribution in [3.8, 4) is 40.1 Å². The van der Waals surface area contributed by atoms with Crippen molar-refractivity contribution in [2.24, 2.45) is 0 Å². The van der Waals surface area contributed by atoms with Crippen molar-refractivity contribution in [2.45, 2.75) is 6.92 Å². The molecule has 0 atom stereocenters. The van der Waals surface area contributed by atoms with Crippen LogP contribution in [0, 0.1) is 0 Å². The van der Waals surface area contributed by atoms with Crippen LogP contribution in [0.15, 0.2) is 54.6 Å². The summed E-state index contributed by atoms with van der Waals surface area (Å²) in [6.45, 7) is 2.96. The van der Waals surface area contributed by atoms with E-state index in [1.165, 1.54) is 0 Å². The topological polar surface area (TPSA) is 101 Å². The van der Waals surface area contributed by atoms with Crippen molar-refractivity contribution < 1.29 is 28.5 Å². The third-order valence-corrected chi connectivity index (χ3v) is 4.47. The predicted octanol–water partition coefficient (Wildman–Crippen LogP) is 3.13. The summed E-state index contributed by atoms with van der Waals surface area (Å²) >= 11 is 0. The van der Waals surface area contributed by atoms with Crippen molar-refractivity contribution >= 4 is 5.91 Å². The lowest BCUT2D eigenvalue weighted by atomic mass is 10.1. The Morgan fingerprint density at radius 3 is 2.12 bits per heavy atom. The van der Waals surface area contributed by atoms with Gasteiger partial charge >= 0.3 is 0 Å². The fraction of sp³-hybridized carbons (Fsp3) is 0.292. The number of nitrogens with one attached hydrogen (secondary N) is 1. The van der Waals surface area contributed by atoms with E-state index in [0.717, 1.165) is 17.0 Å². The molecule has 0 radical (unpaired) electrons. The Morgan fingerprint density at radius 2 is 1.52 bits per heavy atom. The van der Waals surface area contributed by atoms with Gasteiger partial charge in [0.05, 0.1) is 33.1 Å². The van der Waals surface area contributed by atoms with Gasteiger partial charge in [-0.3, -0.25) is 4.79 Å². The van der Waals surface area contributed by atoms with E-state index in [4.69, 9.17) is 23.7 Å². The molecule has 3 aromatic rings. The van der Waals surface area contributed by atoms with E-state index in [1.807, 2.05) is 37.3 Å². The van der Waals surface area contributed by atoms with Crippen molar-refractivity contribution in [1.82, 2.24) is 15.5 Å². The van der Waals surface area contributed by atoms with Crippen LogP contribution in [-0.2, 0) is 4.79 Å². The molecule has 0 saturated heterocycles. The summed E-state index contributed by atoms with van der Waals surface area (Å²) in [5.41, 5.74) is 1.66. The van der Waals surface area contributed by atoms with Crippen LogP contribution >= 0.6 is 0 Å². The molecule has 0 unspecified atom stereocenters. The third kappa shape index (κ3) is 7.27. The summed E-state index contributed by atoms with van der Waals surface area (Å²) in [5, 5.41) is 11.0. The van der Waals surface area contributed by atoms with Gasteiger partial charge in [-0.1, -0.05) is 0 Å². The second-order valence-corrected chi connectivity index (χ2v) is 6.75. The lowest BCUT2D eigenvalue weighted by Crippen LogP contribution is -2.32. The number of methoxy groups -OCH3 is 2. The molecule has 1 N–H and O–H groups in total. The molecule has 174 valence electrons. The molecular weight excluding hydrogens is 426 g/mol. The maximum atomic E-state index is 12.0. The van der Waals surface area contributed by atoms with Gasteiger partial charge in [0.2, 0.25) is 5.88 Å². The van der Waals surface area contributed by atoms with Gasteiger partial charge in [0, 0.05) is 29.8 Å². The summed E-state index contributed by atoms with van der Waals surface area (Å²) in [4.78, 5) is 12.0. The van der Waals surface area contributed by atoms with Gasteiger partial charge in [0.1, 0.15) is 29.6 Å². The highest BCUT2D eigenvalue weighted by atomic mass is 16.5. The Balaban J connectivity index is 1.39. The Hall–Kier alpha value is -4.01. The first-order chi connectivity index (χ1) is 16.1. The summed E-state index contributed by atoms with van der Waals surface area (Å²) in [6, 6.07) is 16.3. The first kappa shape index (κ1) is 23.6. The van der Waals surface area contributed by atoms with Crippen molar-refractivity contribution in [3.05, 3.63) is 54.6 Å². The largest absolute Gasteiger partial charge is 0.496 e. The smallest absolute Gasteiger partial charge is 0.258 e. The zero-order valence-electron chi connectivity index (χ0n) is 18.9. The zero-order valence-corrected chi connectivity index (χ0v) is 18.9. The summed E-state index contributed by atoms with van der Waals surface area (Å²) in [5.74, 6) is 2.53. The SMILES string of the molecule is CCOc1ccc(-c2ccc(OCCNC(=O)COc3cc(OC)cc(OC)c3)nn2)cc1. The Bertz CT molecular complexity index is 1000. The molecule has 2 aromatic carbocycles. The van der Waals surface area contributed by atoms with Gasteiger partial charge in [0.15, 0.2) is 6.61 Å². The van der Waals surface area contributed by atoms with Crippen molar-refractivity contribution in [3.63, 3.8) is 0 Å². The molecule has 1 aromatic heterocycles. The predicted molar refractivity (Wildman–Crippen MR) is 122 cm³/mol. The monoisotopic (exact) mass is 453 g/mol. The van der Waals surface area contributed by atoms with Gasteiger partial charge in [-0.05, 0) is 37.3 Å². The molecular formula is C24H27N3O6. The number of aromatic nitrogens is 2. The number of carbonyl (C=O) groups excluding carboxylic acids is 1. The number of amides is 1. The minimum absolute atomic E-state index is 0.146. The fourth-order valence-corrected chi connectivity index (χ4v) is 2.85. The van der Waals surface area contributed by atoms with E-state index in [-0.39, 0.29) is 19.1 Å². The van der Waals surface area contributed by atoms with E-state index in [9.17, 15) is 4.79 Å². The van der Waals surface area contributed by atoms with E-state index in [0.29, 0.717) is 36.3 Å². The third-order valence-electron chi connectivity index (χ3n) is 4.47. The van der Waals surface area contributed by atoms with Gasteiger partial charge < -0.3 is 29.0 Å². The number of ether oxygens (including phenoxy) is 5. The molecule has 1 amide bonds. The highest BCUT2D eigenvalue weighted by molar-refractivity contribution is 5.77. The second-order valence-electron chi connectivity index (χ2n) is 6.75. The minimum atomic E-state index is -0.280. The summed E-state index contributed by atoms with van der Waals surface area (Å²) in [7, 11) is 3.09. The zero-order chi connectivity index (χ0) is 23.5. The normalized spacial score (nSPS) is 10.3. The Morgan fingerprint density at radius 1 is 0.818 bits per heavy atom. The maximum Gasteiger partial charge on any atom is 0.258 e. The molecule has 0 spiro atoms. The average molecular weight is 453 g/mol. The first-order valence-electron chi connectivity index (χ1n) is 10.4. The summed E-state index contributed by atoms with van der Waals surface area (Å²) < 4.78 is 26.8. The van der Waals surface area contributed by atoms with Crippen LogP contribution in [0.25, 0.3) is 11.3 Å². The van der Waals surface area contributed by atoms with Crippen LogP contribution in [-0.4, -0.2) is 56.7 Å². The number of nitrogens with zero attached hydrogens (tertiary/aromatic N) is 2. The lowest BCUT2D eigenvalue weighted by molar-refractivity contribution is -0.123. The molecule has 9 nitrogen and oxygen atoms in total. The van der Waals surface area contributed by atoms with E-state index in [1.54, 1.807) is 38.5 Å². The Kier molecular flexibility index (Phi) is 8.70. The van der Waals surface area contributed by atoms with Crippen LogP contribution in [0.4, 0.5) is 0 Å². The molecule has 0 aliphatic rings. The molecule has 3 rings (SSSR count). The van der Waals surface area contributed by atoms with Crippen LogP contribution in [0.3, 0.4) is 0 Å². The van der Waals surface area contributed by atoms with Gasteiger partial charge in [-0.25, -0.2) is 0 Å². The fourth-order valence-electron chi connectivity index (χ4n) is 2.85. The Labute approximate surface area is 192 Å². The molecule has 1 heterocycles.